The highest BCUT2D eigenvalue weighted by atomic mass is 16.4. The Kier molecular flexibility index (Phi) is 7.88. The van der Waals surface area contributed by atoms with Gasteiger partial charge in [-0.25, -0.2) is 0 Å². The zero-order valence-electron chi connectivity index (χ0n) is 17.7. The Hall–Kier alpha value is -3.78. The van der Waals surface area contributed by atoms with Gasteiger partial charge in [0.2, 0.25) is 5.91 Å². The maximum absolute atomic E-state index is 12.3. The van der Waals surface area contributed by atoms with Gasteiger partial charge in [0.1, 0.15) is 0 Å². The van der Waals surface area contributed by atoms with E-state index >= 15 is 0 Å². The minimum absolute atomic E-state index is 0.234. The molecule has 1 saturated heterocycles. The van der Waals surface area contributed by atoms with Crippen LogP contribution >= 0.6 is 0 Å². The molecule has 1 amide bonds. The normalized spacial score (nSPS) is 15.6. The molecule has 2 heterocycles. The molecule has 0 saturated carbocycles. The van der Waals surface area contributed by atoms with E-state index in [1.165, 1.54) is 12.3 Å². The molecule has 0 unspecified atom stereocenters. The molecule has 0 spiro atoms. The number of carbonyl (C=O) groups is 2. The second-order valence-corrected chi connectivity index (χ2v) is 7.64. The fraction of sp³-hybridized carbons (Fsp3) is 0.250. The predicted octanol–water partition coefficient (Wildman–Crippen LogP) is 2.98. The largest absolute Gasteiger partial charge is 0.481 e. The lowest BCUT2D eigenvalue weighted by molar-refractivity contribution is -0.143. The first-order chi connectivity index (χ1) is 15.5. The molecule has 0 aliphatic carbocycles. The zero-order valence-corrected chi connectivity index (χ0v) is 17.7. The van der Waals surface area contributed by atoms with E-state index in [1.807, 2.05) is 24.3 Å². The topological polar surface area (TPSA) is 132 Å². The summed E-state index contributed by atoms with van der Waals surface area (Å²) in [5, 5.41) is 19.4. The summed E-state index contributed by atoms with van der Waals surface area (Å²) in [5.74, 6) is -1.22. The second kappa shape index (κ2) is 11.0. The smallest absolute Gasteiger partial charge is 0.306 e. The van der Waals surface area contributed by atoms with E-state index in [1.54, 1.807) is 24.5 Å². The van der Waals surface area contributed by atoms with Crippen LogP contribution in [0.1, 0.15) is 29.5 Å². The van der Waals surface area contributed by atoms with E-state index in [4.69, 9.17) is 16.2 Å². The summed E-state index contributed by atoms with van der Waals surface area (Å²) >= 11 is 0. The van der Waals surface area contributed by atoms with Crippen LogP contribution in [0, 0.1) is 11.3 Å². The number of aliphatic carboxylic acids is 1. The third-order valence-electron chi connectivity index (χ3n) is 5.48. The van der Waals surface area contributed by atoms with Gasteiger partial charge >= 0.3 is 5.97 Å². The lowest BCUT2D eigenvalue weighted by atomic mass is 9.97. The van der Waals surface area contributed by atoms with Crippen molar-refractivity contribution in [3.8, 4) is 0 Å². The van der Waals surface area contributed by atoms with Crippen LogP contribution in [0.25, 0.3) is 11.6 Å². The van der Waals surface area contributed by atoms with Crippen molar-refractivity contribution in [3.63, 3.8) is 0 Å². The van der Waals surface area contributed by atoms with Gasteiger partial charge in [-0.15, -0.1) is 0 Å². The van der Waals surface area contributed by atoms with E-state index in [0.717, 1.165) is 37.0 Å². The van der Waals surface area contributed by atoms with Crippen LogP contribution in [-0.2, 0) is 16.1 Å². The Bertz CT molecular complexity index is 1020. The average molecular weight is 434 g/mol. The molecule has 166 valence electrons. The molecule has 0 bridgehead atoms. The number of anilines is 1. The molecule has 2 aromatic rings. The van der Waals surface area contributed by atoms with Gasteiger partial charge in [-0.2, -0.15) is 0 Å². The molecule has 8 nitrogen and oxygen atoms in total. The Balaban J connectivity index is 1.55. The molecule has 8 heteroatoms. The van der Waals surface area contributed by atoms with E-state index in [2.05, 4.69) is 15.2 Å². The monoisotopic (exact) mass is 433 g/mol. The summed E-state index contributed by atoms with van der Waals surface area (Å²) in [6, 6.07) is 9.37. The standard InChI is InChI=1S/C24H27N5O3/c25-13-20(14-26)22-7-10-27-15-19(22)3-6-23(30)28-21-4-1-17(2-5-21)16-29-11-8-18(9-12-29)24(31)32/h1-7,10,13-15,18,25H,8-9,11-12,16,26H2,(H,28,30)(H,31,32)/b6-3+,20-14+,25-13?. The van der Waals surface area contributed by atoms with Crippen molar-refractivity contribution < 1.29 is 14.7 Å². The molecule has 1 aliphatic rings. The molecule has 0 radical (unpaired) electrons. The molecule has 1 aromatic carbocycles. The third kappa shape index (κ3) is 6.12. The number of nitrogens with two attached hydrogens (primary N) is 1. The van der Waals surface area contributed by atoms with E-state index in [9.17, 15) is 9.59 Å². The number of amides is 1. The fourth-order valence-corrected chi connectivity index (χ4v) is 3.66. The van der Waals surface area contributed by atoms with E-state index < -0.39 is 5.97 Å². The first-order valence-electron chi connectivity index (χ1n) is 10.4. The Labute approximate surface area is 187 Å². The molecule has 1 aliphatic heterocycles. The van der Waals surface area contributed by atoms with Crippen LogP contribution < -0.4 is 11.1 Å². The van der Waals surface area contributed by atoms with Gasteiger partial charge in [0.15, 0.2) is 0 Å². The molecule has 1 aromatic heterocycles. The summed E-state index contributed by atoms with van der Waals surface area (Å²) in [6.07, 6.45) is 10.1. The Morgan fingerprint density at radius 1 is 1.22 bits per heavy atom. The van der Waals surface area contributed by atoms with Crippen molar-refractivity contribution in [1.29, 1.82) is 5.41 Å². The Morgan fingerprint density at radius 3 is 2.56 bits per heavy atom. The first-order valence-corrected chi connectivity index (χ1v) is 10.4. The maximum Gasteiger partial charge on any atom is 0.306 e. The fourth-order valence-electron chi connectivity index (χ4n) is 3.66. The molecular formula is C24H27N5O3. The van der Waals surface area contributed by atoms with Crippen molar-refractivity contribution in [2.45, 2.75) is 19.4 Å². The van der Waals surface area contributed by atoms with Gasteiger partial charge in [0, 0.05) is 54.3 Å². The number of carboxylic acid groups (broad SMARTS) is 1. The molecule has 5 N–H and O–H groups in total. The number of pyridine rings is 1. The lowest BCUT2D eigenvalue weighted by Gasteiger charge is -2.30. The van der Waals surface area contributed by atoms with Crippen molar-refractivity contribution >= 4 is 35.4 Å². The van der Waals surface area contributed by atoms with E-state index in [-0.39, 0.29) is 11.8 Å². The minimum Gasteiger partial charge on any atom is -0.481 e. The molecule has 1 fully saturated rings. The van der Waals surface area contributed by atoms with Gasteiger partial charge in [0.05, 0.1) is 5.92 Å². The highest BCUT2D eigenvalue weighted by Crippen LogP contribution is 2.20. The lowest BCUT2D eigenvalue weighted by Crippen LogP contribution is -2.35. The predicted molar refractivity (Wildman–Crippen MR) is 125 cm³/mol. The van der Waals surface area contributed by atoms with Gasteiger partial charge in [-0.05, 0) is 61.3 Å². The average Bonchev–Trinajstić information content (AvgIpc) is 2.81. The molecule has 3 rings (SSSR count). The number of hydrogen-bond donors (Lipinski definition) is 4. The van der Waals surface area contributed by atoms with Gasteiger partial charge in [-0.3, -0.25) is 19.5 Å². The van der Waals surface area contributed by atoms with E-state index in [0.29, 0.717) is 29.7 Å². The summed E-state index contributed by atoms with van der Waals surface area (Å²) in [6.45, 7) is 2.31. The number of nitrogens with one attached hydrogen (secondary N) is 2. The van der Waals surface area contributed by atoms with Crippen LogP contribution in [0.3, 0.4) is 0 Å². The van der Waals surface area contributed by atoms with Gasteiger partial charge < -0.3 is 21.6 Å². The highest BCUT2D eigenvalue weighted by Gasteiger charge is 2.24. The van der Waals surface area contributed by atoms with Gasteiger partial charge in [-0.1, -0.05) is 12.1 Å². The summed E-state index contributed by atoms with van der Waals surface area (Å²) in [5.41, 5.74) is 9.30. The molecule has 32 heavy (non-hydrogen) atoms. The first kappa shape index (κ1) is 22.9. The summed E-state index contributed by atoms with van der Waals surface area (Å²) in [4.78, 5) is 29.7. The number of allylic oxidation sites excluding steroid dienone is 1. The number of hydrogen-bond acceptors (Lipinski definition) is 6. The van der Waals surface area contributed by atoms with Crippen LogP contribution in [-0.4, -0.2) is 46.2 Å². The zero-order chi connectivity index (χ0) is 22.9. The quantitative estimate of drug-likeness (QED) is 0.374. The van der Waals surface area contributed by atoms with Crippen molar-refractivity contribution in [2.24, 2.45) is 11.7 Å². The van der Waals surface area contributed by atoms with Crippen molar-refractivity contribution in [3.05, 3.63) is 71.7 Å². The SMILES string of the molecule is N=C/C(=C\N)c1ccncc1/C=C/C(=O)Nc1ccc(CN2CCC(C(=O)O)CC2)cc1. The summed E-state index contributed by atoms with van der Waals surface area (Å²) < 4.78 is 0. The number of carbonyl (C=O) groups excluding carboxylic acids is 1. The minimum atomic E-state index is -0.704. The van der Waals surface area contributed by atoms with Crippen LogP contribution in [0.4, 0.5) is 5.69 Å². The maximum atomic E-state index is 12.3. The van der Waals surface area contributed by atoms with Crippen molar-refractivity contribution in [2.75, 3.05) is 18.4 Å². The highest BCUT2D eigenvalue weighted by molar-refractivity contribution is 6.10. The number of rotatable bonds is 8. The molecular weight excluding hydrogens is 406 g/mol. The third-order valence-corrected chi connectivity index (χ3v) is 5.48. The van der Waals surface area contributed by atoms with Crippen LogP contribution in [0.2, 0.25) is 0 Å². The number of likely N-dealkylation sites (tertiary alicyclic amines) is 1. The second-order valence-electron chi connectivity index (χ2n) is 7.64. The van der Waals surface area contributed by atoms with Crippen LogP contribution in [0.5, 0.6) is 0 Å². The Morgan fingerprint density at radius 2 is 1.94 bits per heavy atom. The summed E-state index contributed by atoms with van der Waals surface area (Å²) in [7, 11) is 0. The number of piperidine rings is 1. The number of aromatic nitrogens is 1. The number of benzene rings is 1. The van der Waals surface area contributed by atoms with Crippen molar-refractivity contribution in [1.82, 2.24) is 9.88 Å². The number of nitrogens with zero attached hydrogens (tertiary/aromatic N) is 2. The number of carboxylic acids is 1. The van der Waals surface area contributed by atoms with Gasteiger partial charge in [0.25, 0.3) is 0 Å². The van der Waals surface area contributed by atoms with Crippen LogP contribution in [0.15, 0.2) is 55.0 Å². The molecule has 0 atom stereocenters.